The van der Waals surface area contributed by atoms with Crippen LogP contribution in [0.5, 0.6) is 0 Å². The third-order valence-electron chi connectivity index (χ3n) is 3.80. The first-order valence-electron chi connectivity index (χ1n) is 6.31. The Balaban J connectivity index is 1.71. The second-order valence-corrected chi connectivity index (χ2v) is 6.08. The van der Waals surface area contributed by atoms with Gasteiger partial charge in [-0.05, 0) is 43.6 Å². The Kier molecular flexibility index (Phi) is 3.01. The summed E-state index contributed by atoms with van der Waals surface area (Å²) in [5, 5.41) is 12.2. The van der Waals surface area contributed by atoms with Crippen LogP contribution in [0.1, 0.15) is 37.0 Å². The standard InChI is InChI=1S/C13H19NOS/c15-13-5-1-4-12(13)14(10-6-7-10)9-11-3-2-8-16-11/h2-3,8,10,12-13,15H,1,4-7,9H2/t12-,13-/m0/s1. The van der Waals surface area contributed by atoms with Crippen molar-refractivity contribution in [2.45, 2.75) is 56.8 Å². The van der Waals surface area contributed by atoms with Crippen molar-refractivity contribution in [2.24, 2.45) is 0 Å². The van der Waals surface area contributed by atoms with E-state index in [0.717, 1.165) is 19.0 Å². The lowest BCUT2D eigenvalue weighted by atomic mass is 10.1. The van der Waals surface area contributed by atoms with Gasteiger partial charge in [0, 0.05) is 23.5 Å². The molecule has 0 unspecified atom stereocenters. The molecule has 0 spiro atoms. The van der Waals surface area contributed by atoms with Crippen LogP contribution >= 0.6 is 11.3 Å². The van der Waals surface area contributed by atoms with Crippen LogP contribution in [0.2, 0.25) is 0 Å². The summed E-state index contributed by atoms with van der Waals surface area (Å²) in [6.45, 7) is 1.05. The molecule has 88 valence electrons. The summed E-state index contributed by atoms with van der Waals surface area (Å²) in [5.41, 5.74) is 0. The predicted molar refractivity (Wildman–Crippen MR) is 66.5 cm³/mol. The summed E-state index contributed by atoms with van der Waals surface area (Å²) in [4.78, 5) is 4.00. The quantitative estimate of drug-likeness (QED) is 0.870. The smallest absolute Gasteiger partial charge is 0.0695 e. The van der Waals surface area contributed by atoms with Gasteiger partial charge in [0.25, 0.3) is 0 Å². The van der Waals surface area contributed by atoms with Crippen molar-refractivity contribution in [1.82, 2.24) is 4.90 Å². The van der Waals surface area contributed by atoms with Crippen LogP contribution in [0, 0.1) is 0 Å². The lowest BCUT2D eigenvalue weighted by Crippen LogP contribution is -2.41. The average Bonchev–Trinajstić information content (AvgIpc) is 2.82. The lowest BCUT2D eigenvalue weighted by molar-refractivity contribution is 0.0612. The van der Waals surface area contributed by atoms with Gasteiger partial charge in [-0.15, -0.1) is 11.3 Å². The molecule has 1 aromatic rings. The molecule has 0 aliphatic heterocycles. The molecule has 16 heavy (non-hydrogen) atoms. The Labute approximate surface area is 101 Å². The van der Waals surface area contributed by atoms with Crippen LogP contribution in [0.25, 0.3) is 0 Å². The largest absolute Gasteiger partial charge is 0.391 e. The maximum absolute atomic E-state index is 10.0. The average molecular weight is 237 g/mol. The molecular formula is C13H19NOS. The van der Waals surface area contributed by atoms with E-state index in [2.05, 4.69) is 22.4 Å². The zero-order valence-electron chi connectivity index (χ0n) is 9.51. The minimum Gasteiger partial charge on any atom is -0.391 e. The lowest BCUT2D eigenvalue weighted by Gasteiger charge is -2.30. The number of hydrogen-bond donors (Lipinski definition) is 1. The van der Waals surface area contributed by atoms with Crippen LogP contribution in [0.15, 0.2) is 17.5 Å². The zero-order chi connectivity index (χ0) is 11.0. The molecule has 0 radical (unpaired) electrons. The zero-order valence-corrected chi connectivity index (χ0v) is 10.3. The van der Waals surface area contributed by atoms with Crippen molar-refractivity contribution in [1.29, 1.82) is 0 Å². The number of thiophene rings is 1. The van der Waals surface area contributed by atoms with Crippen LogP contribution < -0.4 is 0 Å². The Morgan fingerprint density at radius 1 is 1.31 bits per heavy atom. The number of aliphatic hydroxyl groups excluding tert-OH is 1. The highest BCUT2D eigenvalue weighted by atomic mass is 32.1. The summed E-state index contributed by atoms with van der Waals surface area (Å²) < 4.78 is 0. The van der Waals surface area contributed by atoms with Gasteiger partial charge >= 0.3 is 0 Å². The van der Waals surface area contributed by atoms with Gasteiger partial charge in [-0.3, -0.25) is 4.90 Å². The summed E-state index contributed by atoms with van der Waals surface area (Å²) >= 11 is 1.83. The highest BCUT2D eigenvalue weighted by Gasteiger charge is 2.39. The summed E-state index contributed by atoms with van der Waals surface area (Å²) in [6, 6.07) is 5.51. The Morgan fingerprint density at radius 3 is 2.75 bits per heavy atom. The number of aliphatic hydroxyl groups is 1. The molecule has 1 aromatic heterocycles. The molecule has 2 fully saturated rings. The van der Waals surface area contributed by atoms with E-state index < -0.39 is 0 Å². The summed E-state index contributed by atoms with van der Waals surface area (Å²) in [7, 11) is 0. The monoisotopic (exact) mass is 237 g/mol. The van der Waals surface area contributed by atoms with E-state index in [0.29, 0.717) is 6.04 Å². The van der Waals surface area contributed by atoms with Crippen molar-refractivity contribution in [3.05, 3.63) is 22.4 Å². The van der Waals surface area contributed by atoms with Crippen LogP contribution in [0.4, 0.5) is 0 Å². The molecule has 3 rings (SSSR count). The fraction of sp³-hybridized carbons (Fsp3) is 0.692. The third kappa shape index (κ3) is 2.17. The van der Waals surface area contributed by atoms with Gasteiger partial charge in [0.05, 0.1) is 6.10 Å². The molecule has 2 saturated carbocycles. The van der Waals surface area contributed by atoms with E-state index >= 15 is 0 Å². The molecule has 1 heterocycles. The minimum absolute atomic E-state index is 0.0828. The molecule has 2 aliphatic rings. The van der Waals surface area contributed by atoms with Crippen LogP contribution in [-0.4, -0.2) is 28.2 Å². The third-order valence-corrected chi connectivity index (χ3v) is 4.67. The van der Waals surface area contributed by atoms with E-state index in [1.165, 1.54) is 30.6 Å². The van der Waals surface area contributed by atoms with Crippen molar-refractivity contribution in [3.8, 4) is 0 Å². The van der Waals surface area contributed by atoms with Crippen molar-refractivity contribution >= 4 is 11.3 Å². The molecule has 0 saturated heterocycles. The van der Waals surface area contributed by atoms with Gasteiger partial charge in [-0.2, -0.15) is 0 Å². The Bertz CT molecular complexity index is 334. The maximum Gasteiger partial charge on any atom is 0.0695 e. The van der Waals surface area contributed by atoms with Crippen LogP contribution in [-0.2, 0) is 6.54 Å². The molecule has 2 atom stereocenters. The molecular weight excluding hydrogens is 218 g/mol. The van der Waals surface area contributed by atoms with Gasteiger partial charge in [-0.1, -0.05) is 6.07 Å². The summed E-state index contributed by atoms with van der Waals surface area (Å²) in [6.07, 6.45) is 5.95. The SMILES string of the molecule is O[C@H]1CCC[C@@H]1N(Cc1cccs1)C1CC1. The summed E-state index contributed by atoms with van der Waals surface area (Å²) in [5.74, 6) is 0. The fourth-order valence-electron chi connectivity index (χ4n) is 2.81. The first-order valence-corrected chi connectivity index (χ1v) is 7.19. The minimum atomic E-state index is -0.0828. The highest BCUT2D eigenvalue weighted by Crippen LogP contribution is 2.36. The first kappa shape index (κ1) is 10.8. The first-order chi connectivity index (χ1) is 7.84. The number of nitrogens with zero attached hydrogens (tertiary/aromatic N) is 1. The van der Waals surface area contributed by atoms with Gasteiger partial charge < -0.3 is 5.11 Å². The molecule has 0 aromatic carbocycles. The van der Waals surface area contributed by atoms with Crippen molar-refractivity contribution < 1.29 is 5.11 Å². The predicted octanol–water partition coefficient (Wildman–Crippen LogP) is 2.63. The number of rotatable bonds is 4. The van der Waals surface area contributed by atoms with Gasteiger partial charge in [0.15, 0.2) is 0 Å². The molecule has 1 N–H and O–H groups in total. The van der Waals surface area contributed by atoms with E-state index in [1.807, 2.05) is 11.3 Å². The van der Waals surface area contributed by atoms with Gasteiger partial charge in [0.2, 0.25) is 0 Å². The molecule has 0 amide bonds. The topological polar surface area (TPSA) is 23.5 Å². The Hall–Kier alpha value is -0.380. The van der Waals surface area contributed by atoms with Crippen molar-refractivity contribution in [2.75, 3.05) is 0 Å². The van der Waals surface area contributed by atoms with Crippen molar-refractivity contribution in [3.63, 3.8) is 0 Å². The molecule has 2 nitrogen and oxygen atoms in total. The van der Waals surface area contributed by atoms with Gasteiger partial charge in [0.1, 0.15) is 0 Å². The number of hydrogen-bond acceptors (Lipinski definition) is 3. The molecule has 2 aliphatic carbocycles. The van der Waals surface area contributed by atoms with E-state index in [1.54, 1.807) is 0 Å². The van der Waals surface area contributed by atoms with E-state index in [9.17, 15) is 5.11 Å². The second-order valence-electron chi connectivity index (χ2n) is 5.05. The van der Waals surface area contributed by atoms with Crippen LogP contribution in [0.3, 0.4) is 0 Å². The normalized spacial score (nSPS) is 30.1. The van der Waals surface area contributed by atoms with E-state index in [4.69, 9.17) is 0 Å². The second kappa shape index (κ2) is 4.47. The highest BCUT2D eigenvalue weighted by molar-refractivity contribution is 7.09. The van der Waals surface area contributed by atoms with E-state index in [-0.39, 0.29) is 6.10 Å². The molecule has 3 heteroatoms. The Morgan fingerprint density at radius 2 is 2.19 bits per heavy atom. The molecule has 0 bridgehead atoms. The van der Waals surface area contributed by atoms with Gasteiger partial charge in [-0.25, -0.2) is 0 Å². The maximum atomic E-state index is 10.0. The fourth-order valence-corrected chi connectivity index (χ4v) is 3.53.